The summed E-state index contributed by atoms with van der Waals surface area (Å²) in [6, 6.07) is 0. The van der Waals surface area contributed by atoms with Gasteiger partial charge in [-0.1, -0.05) is 0 Å². The van der Waals surface area contributed by atoms with Crippen molar-refractivity contribution in [3.05, 3.63) is 0 Å². The Bertz CT molecular complexity index is 72.0. The van der Waals surface area contributed by atoms with Crippen LogP contribution in [-0.4, -0.2) is 137 Å². The molecule has 0 atom stereocenters. The molecule has 0 aliphatic heterocycles. The standard InChI is InChI=1S/2Ca.2H4O4Si.H2O.4H/c;;2*1-5(2,3)4;;;;;/h;;2*1-4H;1H2;;;;/q2*+2;;;;4*-1. The molecular weight excluding hydrogens is 280 g/mol. The van der Waals surface area contributed by atoms with Crippen LogP contribution in [0.3, 0.4) is 0 Å². The molecule has 0 amide bonds. The van der Waals surface area contributed by atoms with Gasteiger partial charge in [0.25, 0.3) is 0 Å². The minimum atomic E-state index is -4.61. The van der Waals surface area contributed by atoms with Crippen molar-refractivity contribution in [3.8, 4) is 0 Å². The van der Waals surface area contributed by atoms with Crippen LogP contribution < -0.4 is 0 Å². The van der Waals surface area contributed by atoms with Gasteiger partial charge in [0.15, 0.2) is 0 Å². The van der Waals surface area contributed by atoms with Gasteiger partial charge in [0.2, 0.25) is 0 Å². The molecule has 13 heteroatoms. The number of hydrogen-bond acceptors (Lipinski definition) is 8. The molecule has 9 nitrogen and oxygen atoms in total. The van der Waals surface area contributed by atoms with E-state index in [9.17, 15) is 0 Å². The average Bonchev–Trinajstić information content (AvgIpc) is 1.12. The van der Waals surface area contributed by atoms with Crippen LogP contribution in [0.4, 0.5) is 0 Å². The maximum Gasteiger partial charge on any atom is 2.00 e. The fourth-order valence-electron chi connectivity index (χ4n) is 0. The van der Waals surface area contributed by atoms with Crippen molar-refractivity contribution in [2.75, 3.05) is 0 Å². The van der Waals surface area contributed by atoms with E-state index < -0.39 is 18.1 Å². The Morgan fingerprint density at radius 1 is 0.538 bits per heavy atom. The normalized spacial score (nSPS) is 9.23. The Labute approximate surface area is 141 Å². The zero-order chi connectivity index (χ0) is 9.00. The second-order valence-corrected chi connectivity index (χ2v) is 3.60. The third-order valence-electron chi connectivity index (χ3n) is 0. The van der Waals surface area contributed by atoms with Crippen LogP contribution >= 0.6 is 0 Å². The van der Waals surface area contributed by atoms with E-state index in [4.69, 9.17) is 38.4 Å². The van der Waals surface area contributed by atoms with Crippen molar-refractivity contribution in [3.63, 3.8) is 0 Å². The average molecular weight is 294 g/mol. The second-order valence-electron chi connectivity index (χ2n) is 1.20. The van der Waals surface area contributed by atoms with Crippen LogP contribution in [0.5, 0.6) is 0 Å². The van der Waals surface area contributed by atoms with E-state index in [-0.39, 0.29) is 86.7 Å². The van der Waals surface area contributed by atoms with Gasteiger partial charge in [-0.25, -0.2) is 0 Å². The number of rotatable bonds is 0. The van der Waals surface area contributed by atoms with Crippen LogP contribution in [0, 0.1) is 0 Å². The zero-order valence-corrected chi connectivity index (χ0v) is 12.9. The molecule has 13 heavy (non-hydrogen) atoms. The minimum absolute atomic E-state index is 0. The van der Waals surface area contributed by atoms with Crippen molar-refractivity contribution >= 4 is 93.6 Å². The zero-order valence-electron chi connectivity index (χ0n) is 10.5. The molecule has 0 radical (unpaired) electrons. The third-order valence-corrected chi connectivity index (χ3v) is 0. The first kappa shape index (κ1) is 29.6. The summed E-state index contributed by atoms with van der Waals surface area (Å²) in [6.07, 6.45) is 0. The SMILES string of the molecule is O.O[Si](O)(O)O.O[Si](O)(O)O.[Ca+2].[Ca+2].[H-].[H-].[H-].[H-]. The summed E-state index contributed by atoms with van der Waals surface area (Å²) in [7, 11) is -9.22. The minimum Gasteiger partial charge on any atom is -1.00 e. The van der Waals surface area contributed by atoms with E-state index >= 15 is 0 Å². The van der Waals surface area contributed by atoms with Gasteiger partial charge in [0.1, 0.15) is 0 Å². The van der Waals surface area contributed by atoms with Gasteiger partial charge in [-0.15, -0.1) is 0 Å². The first-order valence-corrected chi connectivity index (χ1v) is 5.37. The van der Waals surface area contributed by atoms with E-state index in [0.717, 1.165) is 0 Å². The van der Waals surface area contributed by atoms with Gasteiger partial charge < -0.3 is 49.5 Å². The van der Waals surface area contributed by atoms with E-state index in [1.807, 2.05) is 0 Å². The Kier molecular flexibility index (Phi) is 28.8. The molecule has 0 aromatic rings. The maximum absolute atomic E-state index is 7.33. The Balaban J connectivity index is -0.00000000762. The van der Waals surface area contributed by atoms with E-state index in [1.54, 1.807) is 0 Å². The summed E-state index contributed by atoms with van der Waals surface area (Å²) < 4.78 is 0. The molecule has 0 saturated carbocycles. The van der Waals surface area contributed by atoms with Crippen molar-refractivity contribution < 1.29 is 49.5 Å². The number of hydrogen-bond donors (Lipinski definition) is 8. The molecule has 80 valence electrons. The van der Waals surface area contributed by atoms with Crippen LogP contribution in [-0.2, 0) is 0 Å². The van der Waals surface area contributed by atoms with Gasteiger partial charge >= 0.3 is 93.6 Å². The van der Waals surface area contributed by atoms with Crippen molar-refractivity contribution in [1.29, 1.82) is 0 Å². The summed E-state index contributed by atoms with van der Waals surface area (Å²) in [5.74, 6) is 0. The van der Waals surface area contributed by atoms with Crippen LogP contribution in [0.2, 0.25) is 0 Å². The fourth-order valence-corrected chi connectivity index (χ4v) is 0. The summed E-state index contributed by atoms with van der Waals surface area (Å²) in [4.78, 5) is 58.6. The van der Waals surface area contributed by atoms with Crippen LogP contribution in [0.15, 0.2) is 0 Å². The smallest absolute Gasteiger partial charge is 1.00 e. The summed E-state index contributed by atoms with van der Waals surface area (Å²) in [6.45, 7) is 0. The molecule has 0 aliphatic carbocycles. The monoisotopic (exact) mass is 294 g/mol. The van der Waals surface area contributed by atoms with Crippen LogP contribution in [0.25, 0.3) is 0 Å². The predicted octanol–water partition coefficient (Wildman–Crippen LogP) is -6.35. The Morgan fingerprint density at radius 3 is 0.538 bits per heavy atom. The van der Waals surface area contributed by atoms with Gasteiger partial charge in [0.05, 0.1) is 0 Å². The Morgan fingerprint density at radius 2 is 0.538 bits per heavy atom. The van der Waals surface area contributed by atoms with Crippen molar-refractivity contribution in [1.82, 2.24) is 0 Å². The maximum atomic E-state index is 7.33. The van der Waals surface area contributed by atoms with Gasteiger partial charge in [-0.05, 0) is 0 Å². The van der Waals surface area contributed by atoms with Crippen LogP contribution in [0.1, 0.15) is 5.71 Å². The first-order chi connectivity index (χ1) is 4.00. The molecule has 10 N–H and O–H groups in total. The topological polar surface area (TPSA) is 193 Å². The molecule has 0 bridgehead atoms. The molecule has 0 unspecified atom stereocenters. The molecule has 0 aromatic heterocycles. The van der Waals surface area contributed by atoms with Crippen molar-refractivity contribution in [2.45, 2.75) is 0 Å². The predicted molar refractivity (Wildman–Crippen MR) is 48.8 cm³/mol. The van der Waals surface area contributed by atoms with Gasteiger partial charge in [0, 0.05) is 0 Å². The van der Waals surface area contributed by atoms with E-state index in [2.05, 4.69) is 0 Å². The van der Waals surface area contributed by atoms with Gasteiger partial charge in [-0.2, -0.15) is 0 Å². The summed E-state index contributed by atoms with van der Waals surface area (Å²) in [5, 5.41) is 0. The van der Waals surface area contributed by atoms with E-state index in [1.165, 1.54) is 0 Å². The third kappa shape index (κ3) is 344. The molecule has 0 aromatic carbocycles. The molecule has 0 spiro atoms. The fraction of sp³-hybridized carbons (Fsp3) is 0. The summed E-state index contributed by atoms with van der Waals surface area (Å²) >= 11 is 0. The molecule has 0 saturated heterocycles. The largest absolute Gasteiger partial charge is 2.00 e. The summed E-state index contributed by atoms with van der Waals surface area (Å²) in [5.41, 5.74) is 0. The molecule has 0 aliphatic rings. The Hall–Kier alpha value is 2.59. The quantitative estimate of drug-likeness (QED) is 0.202. The first-order valence-electron chi connectivity index (χ1n) is 1.79. The second kappa shape index (κ2) is 12.7. The molecule has 0 heterocycles. The molecular formula is H14Ca2O9Si2. The van der Waals surface area contributed by atoms with E-state index in [0.29, 0.717) is 0 Å². The molecule has 0 fully saturated rings. The van der Waals surface area contributed by atoms with Gasteiger partial charge in [-0.3, -0.25) is 0 Å². The van der Waals surface area contributed by atoms with Crippen molar-refractivity contribution in [2.24, 2.45) is 0 Å². The molecule has 0 rings (SSSR count).